The van der Waals surface area contributed by atoms with E-state index in [1.54, 1.807) is 24.3 Å². The number of aliphatic imine (C=N–C) groups is 1. The maximum Gasteiger partial charge on any atom is 0.338 e. The molecule has 4 aromatic rings. The summed E-state index contributed by atoms with van der Waals surface area (Å²) >= 11 is 12.6. The van der Waals surface area contributed by atoms with Gasteiger partial charge >= 0.3 is 5.97 Å². The first-order valence-corrected chi connectivity index (χ1v) is 15.8. The van der Waals surface area contributed by atoms with E-state index in [1.165, 1.54) is 47.4 Å². The molecule has 0 atom stereocenters. The Labute approximate surface area is 287 Å². The van der Waals surface area contributed by atoms with Crippen LogP contribution in [-0.4, -0.2) is 41.2 Å². The summed E-state index contributed by atoms with van der Waals surface area (Å²) in [6, 6.07) is 20.8. The highest BCUT2D eigenvalue weighted by molar-refractivity contribution is 8.14. The third-order valence-electron chi connectivity index (χ3n) is 6.64. The van der Waals surface area contributed by atoms with Gasteiger partial charge in [0.25, 0.3) is 11.8 Å². The summed E-state index contributed by atoms with van der Waals surface area (Å²) in [5.74, 6) is -3.61. The average molecular weight is 710 g/mol. The van der Waals surface area contributed by atoms with E-state index in [9.17, 15) is 28.0 Å². The van der Waals surface area contributed by atoms with Crippen molar-refractivity contribution in [2.75, 3.05) is 27.9 Å². The second kappa shape index (κ2) is 15.2. The molecule has 1 heterocycles. The predicted molar refractivity (Wildman–Crippen MR) is 183 cm³/mol. The average Bonchev–Trinajstić information content (AvgIpc) is 3.37. The number of aryl methyl sites for hydroxylation is 1. The Bertz CT molecular complexity index is 1970. The van der Waals surface area contributed by atoms with Crippen LogP contribution in [0.5, 0.6) is 0 Å². The Hall–Kier alpha value is -5.04. The Morgan fingerprint density at radius 2 is 1.44 bits per heavy atom. The van der Waals surface area contributed by atoms with Crippen LogP contribution in [0.1, 0.15) is 21.5 Å². The number of rotatable bonds is 9. The van der Waals surface area contributed by atoms with Crippen LogP contribution < -0.4 is 15.5 Å². The molecule has 0 bridgehead atoms. The summed E-state index contributed by atoms with van der Waals surface area (Å²) in [6.07, 6.45) is 1.54. The van der Waals surface area contributed by atoms with E-state index in [2.05, 4.69) is 15.6 Å². The van der Waals surface area contributed by atoms with Crippen LogP contribution in [0.4, 0.5) is 25.8 Å². The standard InChI is InChI=1S/C34H24Cl2F2N4O5S/c1-19-2-10-24(11-3-19)42-32(45)29(41-34(42)48-18-31(44)40-23-9-13-28(38)26(36)16-23)14-20-4-6-21(7-5-20)33(46)47-17-30(43)39-22-8-12-27(37)25(35)15-22/h2-16H,17-18H2,1H3,(H,39,43)(H,40,44)/b29-14+. The number of ether oxygens (including phenoxy) is 1. The molecule has 0 radical (unpaired) electrons. The number of esters is 1. The number of hydrogen-bond acceptors (Lipinski definition) is 7. The van der Waals surface area contributed by atoms with Crippen molar-refractivity contribution in [1.29, 1.82) is 0 Å². The smallest absolute Gasteiger partial charge is 0.338 e. The van der Waals surface area contributed by atoms with Crippen LogP contribution >= 0.6 is 35.0 Å². The lowest BCUT2D eigenvalue weighted by molar-refractivity contribution is -0.119. The molecule has 0 aromatic heterocycles. The first-order chi connectivity index (χ1) is 23.0. The van der Waals surface area contributed by atoms with Gasteiger partial charge in [0.05, 0.1) is 27.0 Å². The van der Waals surface area contributed by atoms with Crippen LogP contribution in [0, 0.1) is 18.6 Å². The van der Waals surface area contributed by atoms with Crippen molar-refractivity contribution in [2.45, 2.75) is 6.92 Å². The maximum absolute atomic E-state index is 13.5. The fourth-order valence-electron chi connectivity index (χ4n) is 4.27. The predicted octanol–water partition coefficient (Wildman–Crippen LogP) is 7.49. The van der Waals surface area contributed by atoms with Gasteiger partial charge in [-0.25, -0.2) is 18.6 Å². The summed E-state index contributed by atoms with van der Waals surface area (Å²) < 4.78 is 31.9. The molecule has 2 N–H and O–H groups in total. The van der Waals surface area contributed by atoms with Crippen molar-refractivity contribution in [3.8, 4) is 0 Å². The monoisotopic (exact) mass is 708 g/mol. The minimum Gasteiger partial charge on any atom is -0.452 e. The van der Waals surface area contributed by atoms with Crippen LogP contribution in [0.2, 0.25) is 10.0 Å². The largest absolute Gasteiger partial charge is 0.452 e. The SMILES string of the molecule is Cc1ccc(N2C(=O)/C(=C\c3ccc(C(=O)OCC(=O)Nc4ccc(F)c(Cl)c4)cc3)N=C2SCC(=O)Nc2ccc(F)c(Cl)c2)cc1. The van der Waals surface area contributed by atoms with Crippen molar-refractivity contribution in [1.82, 2.24) is 0 Å². The Balaban J connectivity index is 1.25. The highest BCUT2D eigenvalue weighted by Crippen LogP contribution is 2.30. The molecule has 0 unspecified atom stereocenters. The zero-order valence-corrected chi connectivity index (χ0v) is 27.3. The number of nitrogens with zero attached hydrogens (tertiary/aromatic N) is 2. The molecular formula is C34H24Cl2F2N4O5S. The molecule has 1 aliphatic rings. The van der Waals surface area contributed by atoms with E-state index < -0.39 is 41.9 Å². The molecule has 14 heteroatoms. The van der Waals surface area contributed by atoms with Crippen molar-refractivity contribution < 1.29 is 32.7 Å². The Kier molecular flexibility index (Phi) is 10.9. The van der Waals surface area contributed by atoms with Gasteiger partial charge in [0.2, 0.25) is 5.91 Å². The maximum atomic E-state index is 13.5. The highest BCUT2D eigenvalue weighted by atomic mass is 35.5. The zero-order chi connectivity index (χ0) is 34.4. The second-order valence-corrected chi connectivity index (χ2v) is 12.0. The quantitative estimate of drug-likeness (QED) is 0.137. The first kappa shape index (κ1) is 34.3. The Morgan fingerprint density at radius 1 is 0.854 bits per heavy atom. The van der Waals surface area contributed by atoms with E-state index in [0.717, 1.165) is 29.5 Å². The topological polar surface area (TPSA) is 117 Å². The van der Waals surface area contributed by atoms with E-state index in [1.807, 2.05) is 19.1 Å². The number of benzene rings is 4. The fraction of sp³-hybridized carbons (Fsp3) is 0.0882. The van der Waals surface area contributed by atoms with E-state index in [-0.39, 0.29) is 37.9 Å². The van der Waals surface area contributed by atoms with Crippen LogP contribution in [0.25, 0.3) is 6.08 Å². The molecule has 0 saturated heterocycles. The zero-order valence-electron chi connectivity index (χ0n) is 24.9. The van der Waals surface area contributed by atoms with Crippen molar-refractivity contribution in [2.24, 2.45) is 4.99 Å². The van der Waals surface area contributed by atoms with Crippen LogP contribution in [0.15, 0.2) is 95.6 Å². The number of anilines is 3. The van der Waals surface area contributed by atoms with Gasteiger partial charge in [-0.15, -0.1) is 0 Å². The number of amides is 3. The van der Waals surface area contributed by atoms with E-state index >= 15 is 0 Å². The number of thioether (sulfide) groups is 1. The molecule has 0 fully saturated rings. The van der Waals surface area contributed by atoms with Gasteiger partial charge in [0.1, 0.15) is 17.3 Å². The highest BCUT2D eigenvalue weighted by Gasteiger charge is 2.32. The molecule has 4 aromatic carbocycles. The molecule has 0 saturated carbocycles. The Morgan fingerprint density at radius 3 is 2.02 bits per heavy atom. The van der Waals surface area contributed by atoms with E-state index in [4.69, 9.17) is 27.9 Å². The number of halogens is 4. The number of nitrogens with one attached hydrogen (secondary N) is 2. The molecule has 1 aliphatic heterocycles. The normalized spacial score (nSPS) is 13.4. The minimum atomic E-state index is -0.762. The molecule has 244 valence electrons. The number of carbonyl (C=O) groups is 4. The molecule has 0 aliphatic carbocycles. The molecular weight excluding hydrogens is 685 g/mol. The number of carbonyl (C=O) groups excluding carboxylic acids is 4. The van der Waals surface area contributed by atoms with Crippen molar-refractivity contribution in [3.05, 3.63) is 129 Å². The lowest BCUT2D eigenvalue weighted by Crippen LogP contribution is -2.31. The third-order valence-corrected chi connectivity index (χ3v) is 8.16. The molecule has 9 nitrogen and oxygen atoms in total. The van der Waals surface area contributed by atoms with Crippen LogP contribution in [0.3, 0.4) is 0 Å². The van der Waals surface area contributed by atoms with Gasteiger partial charge in [0, 0.05) is 11.4 Å². The van der Waals surface area contributed by atoms with Gasteiger partial charge in [-0.3, -0.25) is 19.3 Å². The summed E-state index contributed by atoms with van der Waals surface area (Å²) in [4.78, 5) is 56.8. The first-order valence-electron chi connectivity index (χ1n) is 14.1. The molecule has 48 heavy (non-hydrogen) atoms. The van der Waals surface area contributed by atoms with Gasteiger partial charge < -0.3 is 15.4 Å². The van der Waals surface area contributed by atoms with Gasteiger partial charge in [0.15, 0.2) is 11.8 Å². The molecule has 0 spiro atoms. The van der Waals surface area contributed by atoms with Crippen molar-refractivity contribution in [3.63, 3.8) is 0 Å². The third kappa shape index (κ3) is 8.65. The van der Waals surface area contributed by atoms with E-state index in [0.29, 0.717) is 16.9 Å². The lowest BCUT2D eigenvalue weighted by atomic mass is 10.1. The fourth-order valence-corrected chi connectivity index (χ4v) is 5.45. The minimum absolute atomic E-state index is 0.0942. The summed E-state index contributed by atoms with van der Waals surface area (Å²) in [7, 11) is 0. The molecule has 5 rings (SSSR count). The van der Waals surface area contributed by atoms with Gasteiger partial charge in [-0.1, -0.05) is 64.8 Å². The summed E-state index contributed by atoms with van der Waals surface area (Å²) in [6.45, 7) is 1.32. The van der Waals surface area contributed by atoms with Crippen LogP contribution in [-0.2, 0) is 19.1 Å². The lowest BCUT2D eigenvalue weighted by Gasteiger charge is -2.18. The van der Waals surface area contributed by atoms with Crippen molar-refractivity contribution >= 4 is 87.0 Å². The van der Waals surface area contributed by atoms with Gasteiger partial charge in [-0.05, 0) is 79.2 Å². The summed E-state index contributed by atoms with van der Waals surface area (Å²) in [5, 5.41) is 5.07. The van der Waals surface area contributed by atoms with Gasteiger partial charge in [-0.2, -0.15) is 0 Å². The number of amidine groups is 1. The number of hydrogen-bond donors (Lipinski definition) is 2. The molecule has 3 amide bonds. The second-order valence-electron chi connectivity index (χ2n) is 10.2. The summed E-state index contributed by atoms with van der Waals surface area (Å²) in [5.41, 5.74) is 2.89.